The Kier molecular flexibility index (Phi) is 4.29. The van der Waals surface area contributed by atoms with Gasteiger partial charge in [-0.1, -0.05) is 29.5 Å². The lowest BCUT2D eigenvalue weighted by Crippen LogP contribution is -2.07. The minimum absolute atomic E-state index is 0.0613. The molecule has 2 aromatic carbocycles. The third kappa shape index (κ3) is 2.99. The molecule has 1 N–H and O–H groups in total. The van der Waals surface area contributed by atoms with Crippen LogP contribution < -0.4 is 4.74 Å². The lowest BCUT2D eigenvalue weighted by Gasteiger charge is -2.10. The first-order chi connectivity index (χ1) is 11.6. The minimum atomic E-state index is -1.10. The molecule has 0 bridgehead atoms. The highest BCUT2D eigenvalue weighted by Gasteiger charge is 2.21. The first-order valence-corrected chi connectivity index (χ1v) is 7.46. The van der Waals surface area contributed by atoms with Crippen molar-refractivity contribution in [1.29, 1.82) is 0 Å². The summed E-state index contributed by atoms with van der Waals surface area (Å²) < 4.78 is 6.77. The number of benzene rings is 2. The van der Waals surface area contributed by atoms with E-state index in [4.69, 9.17) is 4.74 Å². The van der Waals surface area contributed by atoms with Crippen molar-refractivity contribution in [3.8, 4) is 17.0 Å². The second kappa shape index (κ2) is 6.54. The van der Waals surface area contributed by atoms with Gasteiger partial charge in [-0.25, -0.2) is 9.48 Å². The van der Waals surface area contributed by atoms with Gasteiger partial charge in [-0.15, -0.1) is 5.10 Å². The lowest BCUT2D eigenvalue weighted by molar-refractivity contribution is 0.0691. The van der Waals surface area contributed by atoms with Crippen molar-refractivity contribution >= 4 is 5.97 Å². The molecule has 3 rings (SSSR count). The number of nitrogens with zero attached hydrogens (tertiary/aromatic N) is 3. The van der Waals surface area contributed by atoms with Crippen LogP contribution in [0.5, 0.6) is 5.75 Å². The van der Waals surface area contributed by atoms with Gasteiger partial charge in [-0.2, -0.15) is 0 Å². The quantitative estimate of drug-likeness (QED) is 0.781. The molecular formula is C18H17N3O3. The maximum Gasteiger partial charge on any atom is 0.358 e. The SMILES string of the molecule is COc1ccc(-c2c(C(=O)O)nnn2Cc2ccccc2C)cc1. The van der Waals surface area contributed by atoms with Crippen LogP contribution in [0.3, 0.4) is 0 Å². The van der Waals surface area contributed by atoms with Gasteiger partial charge < -0.3 is 9.84 Å². The van der Waals surface area contributed by atoms with Crippen LogP contribution in [0.4, 0.5) is 0 Å². The number of aromatic nitrogens is 3. The van der Waals surface area contributed by atoms with E-state index in [-0.39, 0.29) is 5.69 Å². The van der Waals surface area contributed by atoms with Crippen LogP contribution in [0.25, 0.3) is 11.3 Å². The monoisotopic (exact) mass is 323 g/mol. The molecule has 122 valence electrons. The number of methoxy groups -OCH3 is 1. The molecule has 0 aliphatic heterocycles. The number of hydrogen-bond acceptors (Lipinski definition) is 4. The van der Waals surface area contributed by atoms with E-state index in [1.807, 2.05) is 31.2 Å². The first-order valence-electron chi connectivity index (χ1n) is 7.46. The predicted octanol–water partition coefficient (Wildman–Crippen LogP) is 3.01. The molecule has 0 aliphatic rings. The zero-order valence-corrected chi connectivity index (χ0v) is 13.4. The van der Waals surface area contributed by atoms with Crippen LogP contribution in [0.15, 0.2) is 48.5 Å². The second-order valence-electron chi connectivity index (χ2n) is 5.40. The van der Waals surface area contributed by atoms with Gasteiger partial charge in [0, 0.05) is 5.56 Å². The molecule has 0 amide bonds. The molecule has 6 nitrogen and oxygen atoms in total. The number of carboxylic acid groups (broad SMARTS) is 1. The molecule has 1 heterocycles. The summed E-state index contributed by atoms with van der Waals surface area (Å²) in [5.74, 6) is -0.398. The molecule has 3 aromatic rings. The average Bonchev–Trinajstić information content (AvgIpc) is 3.01. The van der Waals surface area contributed by atoms with Crippen molar-refractivity contribution in [3.05, 3.63) is 65.4 Å². The Balaban J connectivity index is 2.07. The highest BCUT2D eigenvalue weighted by molar-refractivity contribution is 5.92. The van der Waals surface area contributed by atoms with E-state index < -0.39 is 5.97 Å². The van der Waals surface area contributed by atoms with E-state index in [0.29, 0.717) is 18.0 Å². The van der Waals surface area contributed by atoms with E-state index in [2.05, 4.69) is 10.3 Å². The average molecular weight is 323 g/mol. The Morgan fingerprint density at radius 3 is 2.50 bits per heavy atom. The number of carbonyl (C=O) groups is 1. The van der Waals surface area contributed by atoms with E-state index in [0.717, 1.165) is 16.7 Å². The van der Waals surface area contributed by atoms with Crippen LogP contribution >= 0.6 is 0 Å². The van der Waals surface area contributed by atoms with Gasteiger partial charge in [0.2, 0.25) is 0 Å². The van der Waals surface area contributed by atoms with Crippen LogP contribution in [-0.2, 0) is 6.54 Å². The molecule has 0 fully saturated rings. The molecular weight excluding hydrogens is 306 g/mol. The Morgan fingerprint density at radius 2 is 1.88 bits per heavy atom. The van der Waals surface area contributed by atoms with Gasteiger partial charge in [0.05, 0.1) is 13.7 Å². The summed E-state index contributed by atoms with van der Waals surface area (Å²) in [5, 5.41) is 17.3. The third-order valence-electron chi connectivity index (χ3n) is 3.88. The molecule has 0 aliphatic carbocycles. The fourth-order valence-corrected chi connectivity index (χ4v) is 2.55. The largest absolute Gasteiger partial charge is 0.497 e. The van der Waals surface area contributed by atoms with Crippen molar-refractivity contribution in [3.63, 3.8) is 0 Å². The van der Waals surface area contributed by atoms with E-state index in [1.165, 1.54) is 0 Å². The number of aromatic carboxylic acids is 1. The number of ether oxygens (including phenoxy) is 1. The van der Waals surface area contributed by atoms with Crippen molar-refractivity contribution in [1.82, 2.24) is 15.0 Å². The minimum Gasteiger partial charge on any atom is -0.497 e. The smallest absolute Gasteiger partial charge is 0.358 e. The van der Waals surface area contributed by atoms with Gasteiger partial charge in [0.25, 0.3) is 0 Å². The van der Waals surface area contributed by atoms with Gasteiger partial charge in [0.1, 0.15) is 11.4 Å². The number of hydrogen-bond donors (Lipinski definition) is 1. The summed E-state index contributed by atoms with van der Waals surface area (Å²) in [6.45, 7) is 2.46. The number of rotatable bonds is 5. The Bertz CT molecular complexity index is 869. The zero-order chi connectivity index (χ0) is 17.1. The summed E-state index contributed by atoms with van der Waals surface area (Å²) in [6, 6.07) is 15.1. The summed E-state index contributed by atoms with van der Waals surface area (Å²) in [6.07, 6.45) is 0. The fourth-order valence-electron chi connectivity index (χ4n) is 2.55. The molecule has 0 radical (unpaired) electrons. The molecule has 0 unspecified atom stereocenters. The topological polar surface area (TPSA) is 77.2 Å². The van der Waals surface area contributed by atoms with Gasteiger partial charge in [-0.05, 0) is 42.3 Å². The molecule has 24 heavy (non-hydrogen) atoms. The predicted molar refractivity (Wildman–Crippen MR) is 89.3 cm³/mol. The highest BCUT2D eigenvalue weighted by atomic mass is 16.5. The normalized spacial score (nSPS) is 10.6. The van der Waals surface area contributed by atoms with Gasteiger partial charge in [0.15, 0.2) is 5.69 Å². The maximum atomic E-state index is 11.5. The van der Waals surface area contributed by atoms with Gasteiger partial charge >= 0.3 is 5.97 Å². The zero-order valence-electron chi connectivity index (χ0n) is 13.4. The Hall–Kier alpha value is -3.15. The molecule has 0 spiro atoms. The first kappa shape index (κ1) is 15.7. The number of carboxylic acids is 1. The fraction of sp³-hybridized carbons (Fsp3) is 0.167. The second-order valence-corrected chi connectivity index (χ2v) is 5.40. The third-order valence-corrected chi connectivity index (χ3v) is 3.88. The highest BCUT2D eigenvalue weighted by Crippen LogP contribution is 2.26. The Labute approximate surface area is 139 Å². The summed E-state index contributed by atoms with van der Waals surface area (Å²) in [4.78, 5) is 11.5. The maximum absolute atomic E-state index is 11.5. The van der Waals surface area contributed by atoms with Crippen LogP contribution in [0.2, 0.25) is 0 Å². The van der Waals surface area contributed by atoms with Crippen LogP contribution in [-0.4, -0.2) is 33.2 Å². The molecule has 1 aromatic heterocycles. The molecule has 0 saturated heterocycles. The van der Waals surface area contributed by atoms with Gasteiger partial charge in [-0.3, -0.25) is 0 Å². The van der Waals surface area contributed by atoms with Crippen molar-refractivity contribution in [2.24, 2.45) is 0 Å². The van der Waals surface area contributed by atoms with Crippen LogP contribution in [0.1, 0.15) is 21.6 Å². The van der Waals surface area contributed by atoms with E-state index in [9.17, 15) is 9.90 Å². The molecule has 0 saturated carbocycles. The lowest BCUT2D eigenvalue weighted by atomic mass is 10.1. The standard InChI is InChI=1S/C18H17N3O3/c1-12-5-3-4-6-14(12)11-21-17(16(18(22)23)19-20-21)13-7-9-15(24-2)10-8-13/h3-10H,11H2,1-2H3,(H,22,23). The van der Waals surface area contributed by atoms with Crippen molar-refractivity contribution in [2.75, 3.05) is 7.11 Å². The summed E-state index contributed by atoms with van der Waals surface area (Å²) >= 11 is 0. The summed E-state index contributed by atoms with van der Waals surface area (Å²) in [7, 11) is 1.58. The molecule has 0 atom stereocenters. The number of aryl methyl sites for hydroxylation is 1. The Morgan fingerprint density at radius 1 is 1.17 bits per heavy atom. The van der Waals surface area contributed by atoms with E-state index in [1.54, 1.807) is 36.1 Å². The van der Waals surface area contributed by atoms with E-state index >= 15 is 0 Å². The van der Waals surface area contributed by atoms with Crippen molar-refractivity contribution < 1.29 is 14.6 Å². The molecule has 6 heteroatoms. The summed E-state index contributed by atoms with van der Waals surface area (Å²) in [5.41, 5.74) is 3.33. The van der Waals surface area contributed by atoms with Crippen LogP contribution in [0, 0.1) is 6.92 Å². The van der Waals surface area contributed by atoms with Crippen molar-refractivity contribution in [2.45, 2.75) is 13.5 Å².